The summed E-state index contributed by atoms with van der Waals surface area (Å²) in [5.41, 5.74) is 3.09. The first-order chi connectivity index (χ1) is 7.09. The Bertz CT molecular complexity index is 316. The maximum Gasteiger partial charge on any atom is 0.00778 e. The zero-order valence-electron chi connectivity index (χ0n) is 10.3. The van der Waals surface area contributed by atoms with E-state index >= 15 is 0 Å². The summed E-state index contributed by atoms with van der Waals surface area (Å²) in [5, 5.41) is 0. The van der Waals surface area contributed by atoms with Crippen LogP contribution in [0.4, 0.5) is 0 Å². The molecule has 1 rings (SSSR count). The van der Waals surface area contributed by atoms with Crippen molar-refractivity contribution in [2.24, 2.45) is 0 Å². The summed E-state index contributed by atoms with van der Waals surface area (Å²) >= 11 is 4.60. The molecule has 1 heteroatoms. The van der Waals surface area contributed by atoms with Crippen molar-refractivity contribution in [3.8, 4) is 0 Å². The third kappa shape index (κ3) is 2.39. The molecule has 0 aliphatic heterocycles. The van der Waals surface area contributed by atoms with E-state index in [1.165, 1.54) is 30.4 Å². The second-order valence-corrected chi connectivity index (χ2v) is 4.84. The maximum absolute atomic E-state index is 4.60. The molecule has 0 bridgehead atoms. The van der Waals surface area contributed by atoms with Gasteiger partial charge in [-0.1, -0.05) is 38.5 Å². The van der Waals surface area contributed by atoms with Crippen LogP contribution in [0.15, 0.2) is 23.1 Å². The van der Waals surface area contributed by atoms with Crippen molar-refractivity contribution < 1.29 is 0 Å². The fraction of sp³-hybridized carbons (Fsp3) is 0.571. The van der Waals surface area contributed by atoms with Crippen molar-refractivity contribution in [3.05, 3.63) is 29.3 Å². The van der Waals surface area contributed by atoms with E-state index < -0.39 is 0 Å². The van der Waals surface area contributed by atoms with Gasteiger partial charge in [0.2, 0.25) is 0 Å². The summed E-state index contributed by atoms with van der Waals surface area (Å²) in [4.78, 5) is 1.14. The van der Waals surface area contributed by atoms with Gasteiger partial charge in [0.15, 0.2) is 0 Å². The quantitative estimate of drug-likeness (QED) is 0.698. The molecule has 0 N–H and O–H groups in total. The molecule has 1 aromatic rings. The van der Waals surface area contributed by atoms with Gasteiger partial charge in [0.05, 0.1) is 0 Å². The van der Waals surface area contributed by atoms with Gasteiger partial charge in [-0.05, 0) is 43.2 Å². The highest BCUT2D eigenvalue weighted by atomic mass is 32.1. The Hall–Kier alpha value is -0.430. The largest absolute Gasteiger partial charge is 0.143 e. The molecular weight excluding hydrogens is 200 g/mol. The van der Waals surface area contributed by atoms with Crippen molar-refractivity contribution in [1.82, 2.24) is 0 Å². The summed E-state index contributed by atoms with van der Waals surface area (Å²) in [5.74, 6) is 0. The Kier molecular flexibility index (Phi) is 4.27. The highest BCUT2D eigenvalue weighted by Gasteiger charge is 2.27. The van der Waals surface area contributed by atoms with Crippen molar-refractivity contribution >= 4 is 12.6 Å². The molecule has 0 saturated heterocycles. The third-order valence-electron chi connectivity index (χ3n) is 3.75. The molecule has 0 aliphatic carbocycles. The minimum absolute atomic E-state index is 0.323. The van der Waals surface area contributed by atoms with Gasteiger partial charge in [0.1, 0.15) is 0 Å². The lowest BCUT2D eigenvalue weighted by atomic mass is 9.73. The van der Waals surface area contributed by atoms with Crippen LogP contribution < -0.4 is 0 Å². The van der Waals surface area contributed by atoms with Crippen LogP contribution in [0, 0.1) is 6.92 Å². The standard InChI is InChI=1S/C14H22S/c1-5-14(6-2,7-3)12-10-11(4)8-9-13(12)15/h8-10,15H,5-7H2,1-4H3. The van der Waals surface area contributed by atoms with Gasteiger partial charge in [0, 0.05) is 4.90 Å². The van der Waals surface area contributed by atoms with E-state index in [1.54, 1.807) is 0 Å². The normalized spacial score (nSPS) is 11.8. The summed E-state index contributed by atoms with van der Waals surface area (Å²) in [6, 6.07) is 6.57. The number of benzene rings is 1. The van der Waals surface area contributed by atoms with Crippen LogP contribution in [0.5, 0.6) is 0 Å². The molecule has 0 amide bonds. The molecule has 0 atom stereocenters. The smallest absolute Gasteiger partial charge is 0.00778 e. The summed E-state index contributed by atoms with van der Waals surface area (Å²) < 4.78 is 0. The molecule has 0 aromatic heterocycles. The van der Waals surface area contributed by atoms with Gasteiger partial charge in [-0.2, -0.15) is 0 Å². The third-order valence-corrected chi connectivity index (χ3v) is 4.14. The highest BCUT2D eigenvalue weighted by molar-refractivity contribution is 7.80. The SMILES string of the molecule is CCC(CC)(CC)c1cc(C)ccc1S. The van der Waals surface area contributed by atoms with Crippen molar-refractivity contribution in [1.29, 1.82) is 0 Å². The average molecular weight is 222 g/mol. The lowest BCUT2D eigenvalue weighted by molar-refractivity contribution is 0.375. The van der Waals surface area contributed by atoms with E-state index in [4.69, 9.17) is 0 Å². The zero-order chi connectivity index (χ0) is 11.5. The van der Waals surface area contributed by atoms with E-state index in [0.717, 1.165) is 4.90 Å². The molecule has 0 nitrogen and oxygen atoms in total. The van der Waals surface area contributed by atoms with Gasteiger partial charge in [-0.25, -0.2) is 0 Å². The van der Waals surface area contributed by atoms with Gasteiger partial charge < -0.3 is 0 Å². The van der Waals surface area contributed by atoms with Gasteiger partial charge >= 0.3 is 0 Å². The van der Waals surface area contributed by atoms with Crippen LogP contribution in [-0.2, 0) is 5.41 Å². The molecule has 0 fully saturated rings. The summed E-state index contributed by atoms with van der Waals surface area (Å²) in [6.07, 6.45) is 3.57. The topological polar surface area (TPSA) is 0 Å². The van der Waals surface area contributed by atoms with E-state index in [9.17, 15) is 0 Å². The van der Waals surface area contributed by atoms with Crippen LogP contribution >= 0.6 is 12.6 Å². The molecule has 15 heavy (non-hydrogen) atoms. The van der Waals surface area contributed by atoms with E-state index in [2.05, 4.69) is 58.5 Å². The van der Waals surface area contributed by atoms with E-state index in [1.807, 2.05) is 0 Å². The second kappa shape index (κ2) is 5.07. The van der Waals surface area contributed by atoms with E-state index in [-0.39, 0.29) is 0 Å². The van der Waals surface area contributed by atoms with Gasteiger partial charge in [0.25, 0.3) is 0 Å². The number of hydrogen-bond acceptors (Lipinski definition) is 1. The van der Waals surface area contributed by atoms with Crippen molar-refractivity contribution in [2.45, 2.75) is 57.3 Å². The van der Waals surface area contributed by atoms with Crippen molar-refractivity contribution in [3.63, 3.8) is 0 Å². The number of thiol groups is 1. The summed E-state index contributed by atoms with van der Waals surface area (Å²) in [7, 11) is 0. The molecule has 0 radical (unpaired) electrons. The maximum atomic E-state index is 4.60. The first kappa shape index (κ1) is 12.6. The fourth-order valence-electron chi connectivity index (χ4n) is 2.40. The molecule has 0 aliphatic rings. The van der Waals surface area contributed by atoms with Crippen LogP contribution in [-0.4, -0.2) is 0 Å². The monoisotopic (exact) mass is 222 g/mol. The molecule has 0 unspecified atom stereocenters. The van der Waals surface area contributed by atoms with Crippen LogP contribution in [0.1, 0.15) is 51.2 Å². The molecule has 84 valence electrons. The first-order valence-electron chi connectivity index (χ1n) is 5.89. The van der Waals surface area contributed by atoms with Crippen LogP contribution in [0.25, 0.3) is 0 Å². The Labute approximate surface area is 99.5 Å². The lowest BCUT2D eigenvalue weighted by Gasteiger charge is -2.32. The first-order valence-corrected chi connectivity index (χ1v) is 6.34. The number of aryl methyl sites for hydroxylation is 1. The summed E-state index contributed by atoms with van der Waals surface area (Å²) in [6.45, 7) is 9.00. The van der Waals surface area contributed by atoms with E-state index in [0.29, 0.717) is 5.41 Å². The molecule has 0 heterocycles. The molecule has 1 aromatic carbocycles. The molecular formula is C14H22S. The fourth-order valence-corrected chi connectivity index (χ4v) is 2.77. The predicted molar refractivity (Wildman–Crippen MR) is 71.0 cm³/mol. The second-order valence-electron chi connectivity index (χ2n) is 4.36. The Balaban J connectivity index is 3.27. The van der Waals surface area contributed by atoms with Crippen molar-refractivity contribution in [2.75, 3.05) is 0 Å². The number of rotatable bonds is 4. The number of hydrogen-bond donors (Lipinski definition) is 1. The minimum Gasteiger partial charge on any atom is -0.143 e. The predicted octanol–water partition coefficient (Wildman–Crippen LogP) is 4.75. The lowest BCUT2D eigenvalue weighted by Crippen LogP contribution is -2.24. The van der Waals surface area contributed by atoms with Crippen LogP contribution in [0.3, 0.4) is 0 Å². The Morgan fingerprint density at radius 3 is 2.07 bits per heavy atom. The molecule has 0 spiro atoms. The van der Waals surface area contributed by atoms with Gasteiger partial charge in [-0.15, -0.1) is 12.6 Å². The Morgan fingerprint density at radius 2 is 1.60 bits per heavy atom. The Morgan fingerprint density at radius 1 is 1.07 bits per heavy atom. The average Bonchev–Trinajstić information content (AvgIpc) is 2.26. The highest BCUT2D eigenvalue weighted by Crippen LogP contribution is 2.38. The van der Waals surface area contributed by atoms with Gasteiger partial charge in [-0.3, -0.25) is 0 Å². The molecule has 0 saturated carbocycles. The minimum atomic E-state index is 0.323. The zero-order valence-corrected chi connectivity index (χ0v) is 11.2. The van der Waals surface area contributed by atoms with Crippen LogP contribution in [0.2, 0.25) is 0 Å².